The van der Waals surface area contributed by atoms with E-state index in [2.05, 4.69) is 74.7 Å². The molecule has 0 saturated carbocycles. The highest BCUT2D eigenvalue weighted by molar-refractivity contribution is 5.78. The Balaban J connectivity index is 4.69. The van der Waals surface area contributed by atoms with Crippen molar-refractivity contribution in [3.8, 4) is 0 Å². The predicted octanol–water partition coefficient (Wildman–Crippen LogP) is 15.6. The summed E-state index contributed by atoms with van der Waals surface area (Å²) in [4.78, 5) is 26.1. The number of ether oxygens (including phenoxy) is 1. The normalized spacial score (nSPS) is 13.7. The third-order valence-electron chi connectivity index (χ3n) is 11.6. The molecule has 0 bridgehead atoms. The van der Waals surface area contributed by atoms with Crippen LogP contribution in [-0.4, -0.2) is 46.9 Å². The minimum absolute atomic E-state index is 0.0444. The van der Waals surface area contributed by atoms with Crippen molar-refractivity contribution < 1.29 is 24.5 Å². The zero-order valence-corrected chi connectivity index (χ0v) is 40.3. The molecule has 0 rings (SSSR count). The van der Waals surface area contributed by atoms with Gasteiger partial charge >= 0.3 is 5.97 Å². The number of amides is 1. The summed E-state index contributed by atoms with van der Waals surface area (Å²) in [7, 11) is 0. The van der Waals surface area contributed by atoms with Crippen molar-refractivity contribution in [1.82, 2.24) is 5.32 Å². The molecule has 0 spiro atoms. The summed E-state index contributed by atoms with van der Waals surface area (Å²) in [5, 5.41) is 23.7. The zero-order valence-electron chi connectivity index (χ0n) is 40.3. The van der Waals surface area contributed by atoms with Gasteiger partial charge < -0.3 is 20.3 Å². The fourth-order valence-electron chi connectivity index (χ4n) is 7.69. The standard InChI is InChI=1S/C55H99NO5/c1-4-7-10-13-16-19-22-25-28-31-34-37-40-43-46-51(61-55(60)48-45-42-39-36-33-30-27-24-21-18-15-12-9-6-3)49-54(59)56-52(50-57)53(58)47-44-41-38-35-32-29-26-23-20-17-14-11-8-5-2/h7,10,16,19,25,28,34,37,43,46,51-53,57-58H,4-6,8-9,11-15,17-18,20-24,26-27,29-33,35-36,38-42,44-45,47-50H2,1-3H3,(H,56,59)/b10-7+,19-16+,28-25+,37-34+,46-43+. The monoisotopic (exact) mass is 854 g/mol. The Morgan fingerprint density at radius 1 is 0.492 bits per heavy atom. The summed E-state index contributed by atoms with van der Waals surface area (Å²) < 4.78 is 5.82. The molecule has 0 aromatic rings. The third-order valence-corrected chi connectivity index (χ3v) is 11.6. The fourth-order valence-corrected chi connectivity index (χ4v) is 7.69. The first-order valence-electron chi connectivity index (χ1n) is 26.0. The van der Waals surface area contributed by atoms with Gasteiger partial charge in [-0.05, 0) is 51.0 Å². The Labute approximate surface area is 378 Å². The lowest BCUT2D eigenvalue weighted by Gasteiger charge is -2.23. The Morgan fingerprint density at radius 2 is 0.852 bits per heavy atom. The molecule has 354 valence electrons. The first kappa shape index (κ1) is 58.6. The largest absolute Gasteiger partial charge is 0.458 e. The SMILES string of the molecule is CC/C=C/C/C=C/C/C=C/C/C=C/C/C=C/C(CC(=O)NC(CO)C(O)CCCCCCCCCCCCCCCC)OC(=O)CCCCCCCCCCCCCCCC. The van der Waals surface area contributed by atoms with Crippen molar-refractivity contribution >= 4 is 11.9 Å². The van der Waals surface area contributed by atoms with Gasteiger partial charge in [-0.2, -0.15) is 0 Å². The van der Waals surface area contributed by atoms with Gasteiger partial charge in [-0.25, -0.2) is 0 Å². The van der Waals surface area contributed by atoms with E-state index < -0.39 is 18.2 Å². The molecule has 1 amide bonds. The number of carbonyl (C=O) groups excluding carboxylic acids is 2. The molecule has 0 radical (unpaired) electrons. The van der Waals surface area contributed by atoms with Gasteiger partial charge in [0, 0.05) is 6.42 Å². The number of rotatable bonds is 46. The maximum absolute atomic E-state index is 13.2. The summed E-state index contributed by atoms with van der Waals surface area (Å²) in [5.41, 5.74) is 0. The molecule has 0 aromatic carbocycles. The molecule has 3 atom stereocenters. The maximum Gasteiger partial charge on any atom is 0.306 e. The first-order valence-corrected chi connectivity index (χ1v) is 26.0. The molecule has 0 fully saturated rings. The second-order valence-corrected chi connectivity index (χ2v) is 17.6. The van der Waals surface area contributed by atoms with Crippen molar-refractivity contribution in [1.29, 1.82) is 0 Å². The maximum atomic E-state index is 13.2. The van der Waals surface area contributed by atoms with Crippen LogP contribution in [0.4, 0.5) is 0 Å². The Bertz CT molecular complexity index is 1090. The van der Waals surface area contributed by atoms with Crippen LogP contribution >= 0.6 is 0 Å². The molecule has 3 N–H and O–H groups in total. The highest BCUT2D eigenvalue weighted by atomic mass is 16.5. The number of hydrogen-bond donors (Lipinski definition) is 3. The number of nitrogens with one attached hydrogen (secondary N) is 1. The zero-order chi connectivity index (χ0) is 44.5. The van der Waals surface area contributed by atoms with Crippen molar-refractivity contribution in [2.75, 3.05) is 6.61 Å². The van der Waals surface area contributed by atoms with Crippen LogP contribution < -0.4 is 5.32 Å². The van der Waals surface area contributed by atoms with E-state index in [0.717, 1.165) is 64.2 Å². The van der Waals surface area contributed by atoms with E-state index in [0.29, 0.717) is 19.3 Å². The van der Waals surface area contributed by atoms with Crippen LogP contribution in [0, 0.1) is 0 Å². The minimum Gasteiger partial charge on any atom is -0.458 e. The van der Waals surface area contributed by atoms with Crippen LogP contribution in [0.1, 0.15) is 252 Å². The first-order chi connectivity index (χ1) is 30.0. The van der Waals surface area contributed by atoms with Crippen LogP contribution in [0.15, 0.2) is 60.8 Å². The minimum atomic E-state index is -0.818. The van der Waals surface area contributed by atoms with Gasteiger partial charge in [0.05, 0.1) is 25.2 Å². The van der Waals surface area contributed by atoms with Crippen LogP contribution in [-0.2, 0) is 14.3 Å². The van der Waals surface area contributed by atoms with Crippen LogP contribution in [0.2, 0.25) is 0 Å². The van der Waals surface area contributed by atoms with E-state index in [1.54, 1.807) is 6.08 Å². The number of hydrogen-bond acceptors (Lipinski definition) is 5. The summed E-state index contributed by atoms with van der Waals surface area (Å²) in [6.07, 6.45) is 60.3. The van der Waals surface area contributed by atoms with Crippen molar-refractivity contribution in [2.45, 2.75) is 270 Å². The summed E-state index contributed by atoms with van der Waals surface area (Å²) in [6, 6.07) is -0.741. The molecule has 0 aliphatic rings. The van der Waals surface area contributed by atoms with Gasteiger partial charge in [0.15, 0.2) is 0 Å². The quantitative estimate of drug-likeness (QED) is 0.0322. The van der Waals surface area contributed by atoms with Crippen LogP contribution in [0.3, 0.4) is 0 Å². The lowest BCUT2D eigenvalue weighted by atomic mass is 10.0. The molecule has 6 nitrogen and oxygen atoms in total. The van der Waals surface area contributed by atoms with E-state index >= 15 is 0 Å². The number of allylic oxidation sites excluding steroid dienone is 9. The molecular weight excluding hydrogens is 755 g/mol. The van der Waals surface area contributed by atoms with E-state index in [-0.39, 0.29) is 24.9 Å². The second-order valence-electron chi connectivity index (χ2n) is 17.6. The molecule has 0 aliphatic heterocycles. The predicted molar refractivity (Wildman–Crippen MR) is 264 cm³/mol. The third kappa shape index (κ3) is 44.0. The van der Waals surface area contributed by atoms with Crippen molar-refractivity contribution in [3.63, 3.8) is 0 Å². The molecular formula is C55H99NO5. The molecule has 6 heteroatoms. The average Bonchev–Trinajstić information content (AvgIpc) is 3.25. The van der Waals surface area contributed by atoms with E-state index in [9.17, 15) is 19.8 Å². The molecule has 0 aliphatic carbocycles. The van der Waals surface area contributed by atoms with Gasteiger partial charge in [-0.3, -0.25) is 9.59 Å². The van der Waals surface area contributed by atoms with Gasteiger partial charge in [-0.1, -0.05) is 249 Å². The molecule has 0 saturated heterocycles. The summed E-state index contributed by atoms with van der Waals surface area (Å²) >= 11 is 0. The number of carbonyl (C=O) groups is 2. The molecule has 61 heavy (non-hydrogen) atoms. The van der Waals surface area contributed by atoms with Gasteiger partial charge in [0.1, 0.15) is 6.10 Å². The fraction of sp³-hybridized carbons (Fsp3) is 0.782. The summed E-state index contributed by atoms with van der Waals surface area (Å²) in [6.45, 7) is 6.34. The van der Waals surface area contributed by atoms with Crippen LogP contribution in [0.25, 0.3) is 0 Å². The molecule has 3 unspecified atom stereocenters. The van der Waals surface area contributed by atoms with Gasteiger partial charge in [0.2, 0.25) is 5.91 Å². The van der Waals surface area contributed by atoms with Gasteiger partial charge in [-0.15, -0.1) is 0 Å². The smallest absolute Gasteiger partial charge is 0.306 e. The average molecular weight is 854 g/mol. The lowest BCUT2D eigenvalue weighted by molar-refractivity contribution is -0.148. The summed E-state index contributed by atoms with van der Waals surface area (Å²) in [5.74, 6) is -0.622. The Kier molecular flexibility index (Phi) is 46.6. The second kappa shape index (κ2) is 48.6. The van der Waals surface area contributed by atoms with Crippen molar-refractivity contribution in [2.24, 2.45) is 0 Å². The highest BCUT2D eigenvalue weighted by Gasteiger charge is 2.23. The van der Waals surface area contributed by atoms with Crippen LogP contribution in [0.5, 0.6) is 0 Å². The Morgan fingerprint density at radius 3 is 1.25 bits per heavy atom. The Hall–Kier alpha value is -2.44. The molecule has 0 aromatic heterocycles. The number of esters is 1. The topological polar surface area (TPSA) is 95.9 Å². The van der Waals surface area contributed by atoms with E-state index in [1.165, 1.54) is 141 Å². The lowest BCUT2D eigenvalue weighted by Crippen LogP contribution is -2.46. The number of aliphatic hydroxyl groups is 2. The number of aliphatic hydroxyl groups excluding tert-OH is 2. The van der Waals surface area contributed by atoms with E-state index in [4.69, 9.17) is 4.74 Å². The number of unbranched alkanes of at least 4 members (excludes halogenated alkanes) is 26. The highest BCUT2D eigenvalue weighted by Crippen LogP contribution is 2.17. The van der Waals surface area contributed by atoms with Gasteiger partial charge in [0.25, 0.3) is 0 Å². The van der Waals surface area contributed by atoms with E-state index in [1.807, 2.05) is 6.08 Å². The molecule has 0 heterocycles. The van der Waals surface area contributed by atoms with Crippen molar-refractivity contribution in [3.05, 3.63) is 60.8 Å².